The van der Waals surface area contributed by atoms with Crippen LogP contribution in [0.25, 0.3) is 0 Å². The van der Waals surface area contributed by atoms with Gasteiger partial charge in [0.2, 0.25) is 5.91 Å². The van der Waals surface area contributed by atoms with Crippen LogP contribution in [0, 0.1) is 0 Å². The Kier molecular flexibility index (Phi) is 4.23. The summed E-state index contributed by atoms with van der Waals surface area (Å²) in [6, 6.07) is 10.1. The molecule has 1 aromatic rings. The van der Waals surface area contributed by atoms with E-state index in [0.717, 1.165) is 18.4 Å². The van der Waals surface area contributed by atoms with Gasteiger partial charge in [-0.3, -0.25) is 4.79 Å². The lowest BCUT2D eigenvalue weighted by Gasteiger charge is -2.17. The van der Waals surface area contributed by atoms with Crippen LogP contribution in [0.15, 0.2) is 53.8 Å². The minimum atomic E-state index is -0.139. The van der Waals surface area contributed by atoms with Crippen molar-refractivity contribution in [2.45, 2.75) is 44.4 Å². The van der Waals surface area contributed by atoms with Gasteiger partial charge in [0.15, 0.2) is 0 Å². The van der Waals surface area contributed by atoms with Crippen LogP contribution in [0.5, 0.6) is 0 Å². The number of hydrogen-bond acceptors (Lipinski definition) is 1. The van der Waals surface area contributed by atoms with Crippen LogP contribution in [0.2, 0.25) is 0 Å². The van der Waals surface area contributed by atoms with Crippen molar-refractivity contribution in [3.05, 3.63) is 59.3 Å². The van der Waals surface area contributed by atoms with Gasteiger partial charge in [0, 0.05) is 13.2 Å². The Balaban J connectivity index is 2.00. The molecule has 1 aliphatic carbocycles. The van der Waals surface area contributed by atoms with E-state index in [-0.39, 0.29) is 11.8 Å². The molecular formula is C19H23NO. The van der Waals surface area contributed by atoms with Crippen molar-refractivity contribution in [3.63, 3.8) is 0 Å². The van der Waals surface area contributed by atoms with Crippen molar-refractivity contribution in [1.29, 1.82) is 0 Å². The van der Waals surface area contributed by atoms with Crippen molar-refractivity contribution >= 4 is 5.91 Å². The van der Waals surface area contributed by atoms with Gasteiger partial charge in [0.05, 0.1) is 5.92 Å². The molecule has 3 rings (SSSR count). The summed E-state index contributed by atoms with van der Waals surface area (Å²) in [5.74, 6) is 0.0346. The molecule has 21 heavy (non-hydrogen) atoms. The standard InChI is InChI=1S/C19H23NO/c1-20-14-17-12-6-3-2-5-11-16(17)13-18(19(20)21)15-9-7-4-8-10-15/h4,7-10,13-14,18H,2-3,5-6,11-12H2,1H3. The van der Waals surface area contributed by atoms with Gasteiger partial charge in [0.1, 0.15) is 0 Å². The number of hydrogen-bond donors (Lipinski definition) is 0. The number of benzene rings is 1. The van der Waals surface area contributed by atoms with Gasteiger partial charge in [-0.05, 0) is 42.4 Å². The van der Waals surface area contributed by atoms with Crippen molar-refractivity contribution in [1.82, 2.24) is 4.90 Å². The van der Waals surface area contributed by atoms with Crippen molar-refractivity contribution in [2.24, 2.45) is 0 Å². The largest absolute Gasteiger partial charge is 0.321 e. The molecule has 1 saturated carbocycles. The van der Waals surface area contributed by atoms with Gasteiger partial charge >= 0.3 is 0 Å². The lowest BCUT2D eigenvalue weighted by Crippen LogP contribution is -2.25. The lowest BCUT2D eigenvalue weighted by atomic mass is 9.88. The first-order valence-corrected chi connectivity index (χ1v) is 7.99. The highest BCUT2D eigenvalue weighted by Gasteiger charge is 2.26. The molecule has 2 aliphatic rings. The summed E-state index contributed by atoms with van der Waals surface area (Å²) < 4.78 is 0. The number of likely N-dealkylation sites (N-methyl/N-ethyl adjacent to an activating group) is 1. The molecule has 0 radical (unpaired) electrons. The Bertz CT molecular complexity index is 570. The molecule has 0 N–H and O–H groups in total. The number of nitrogens with zero attached hydrogens (tertiary/aromatic N) is 1. The molecule has 1 aromatic carbocycles. The predicted octanol–water partition coefficient (Wildman–Crippen LogP) is 4.41. The SMILES string of the molecule is CN1C=C2CCCCCCC2=CC(c2ccccc2)C1=O. The quantitative estimate of drug-likeness (QED) is 0.747. The molecule has 0 bridgehead atoms. The Morgan fingerprint density at radius 1 is 0.952 bits per heavy atom. The average molecular weight is 281 g/mol. The Morgan fingerprint density at radius 3 is 2.33 bits per heavy atom. The van der Waals surface area contributed by atoms with Gasteiger partial charge in [-0.25, -0.2) is 0 Å². The van der Waals surface area contributed by atoms with E-state index < -0.39 is 0 Å². The fourth-order valence-corrected chi connectivity index (χ4v) is 3.33. The minimum absolute atomic E-state index is 0.139. The molecule has 1 fully saturated rings. The zero-order valence-electron chi connectivity index (χ0n) is 12.7. The maximum atomic E-state index is 12.7. The summed E-state index contributed by atoms with van der Waals surface area (Å²) in [4.78, 5) is 14.5. The van der Waals surface area contributed by atoms with Gasteiger partial charge in [-0.1, -0.05) is 49.2 Å². The van der Waals surface area contributed by atoms with E-state index in [0.29, 0.717) is 0 Å². The zero-order chi connectivity index (χ0) is 14.7. The van der Waals surface area contributed by atoms with Crippen LogP contribution in [0.3, 0.4) is 0 Å². The number of carbonyl (C=O) groups is 1. The van der Waals surface area contributed by atoms with Crippen LogP contribution < -0.4 is 0 Å². The van der Waals surface area contributed by atoms with Gasteiger partial charge in [0.25, 0.3) is 0 Å². The van der Waals surface area contributed by atoms with Crippen LogP contribution >= 0.6 is 0 Å². The average Bonchev–Trinajstić information content (AvgIpc) is 2.60. The third kappa shape index (κ3) is 3.10. The van der Waals surface area contributed by atoms with E-state index in [1.54, 1.807) is 4.90 Å². The first kappa shape index (κ1) is 14.1. The third-order valence-electron chi connectivity index (χ3n) is 4.54. The highest BCUT2D eigenvalue weighted by Crippen LogP contribution is 2.33. The molecule has 1 aliphatic heterocycles. The normalized spacial score (nSPS) is 23.4. The van der Waals surface area contributed by atoms with Crippen LogP contribution in [0.4, 0.5) is 0 Å². The smallest absolute Gasteiger partial charge is 0.237 e. The molecular weight excluding hydrogens is 258 g/mol. The molecule has 0 spiro atoms. The fraction of sp³-hybridized carbons (Fsp3) is 0.421. The first-order valence-electron chi connectivity index (χ1n) is 7.99. The second-order valence-corrected chi connectivity index (χ2v) is 6.10. The number of rotatable bonds is 1. The predicted molar refractivity (Wildman–Crippen MR) is 85.8 cm³/mol. The number of amides is 1. The maximum Gasteiger partial charge on any atom is 0.237 e. The Hall–Kier alpha value is -1.83. The van der Waals surface area contributed by atoms with Gasteiger partial charge in [-0.2, -0.15) is 0 Å². The van der Waals surface area contributed by atoms with Gasteiger partial charge in [-0.15, -0.1) is 0 Å². The molecule has 1 amide bonds. The van der Waals surface area contributed by atoms with E-state index in [1.165, 1.54) is 36.8 Å². The van der Waals surface area contributed by atoms with E-state index in [2.05, 4.69) is 24.4 Å². The van der Waals surface area contributed by atoms with Crippen molar-refractivity contribution in [2.75, 3.05) is 7.05 Å². The number of carbonyl (C=O) groups excluding carboxylic acids is 1. The summed E-state index contributed by atoms with van der Waals surface area (Å²) in [5.41, 5.74) is 3.85. The topological polar surface area (TPSA) is 20.3 Å². The molecule has 110 valence electrons. The van der Waals surface area contributed by atoms with Gasteiger partial charge < -0.3 is 4.90 Å². The second kappa shape index (κ2) is 6.30. The Morgan fingerprint density at radius 2 is 1.62 bits per heavy atom. The monoisotopic (exact) mass is 281 g/mol. The number of allylic oxidation sites excluding steroid dienone is 2. The lowest BCUT2D eigenvalue weighted by molar-refractivity contribution is -0.128. The number of fused-ring (bicyclic) bond motifs is 1. The molecule has 1 atom stereocenters. The molecule has 2 heteroatoms. The van der Waals surface area contributed by atoms with E-state index in [9.17, 15) is 4.79 Å². The van der Waals surface area contributed by atoms with E-state index in [4.69, 9.17) is 0 Å². The highest BCUT2D eigenvalue weighted by molar-refractivity contribution is 5.87. The summed E-state index contributed by atoms with van der Waals surface area (Å²) >= 11 is 0. The fourth-order valence-electron chi connectivity index (χ4n) is 3.33. The molecule has 1 heterocycles. The third-order valence-corrected chi connectivity index (χ3v) is 4.54. The van der Waals surface area contributed by atoms with Crippen LogP contribution in [0.1, 0.15) is 50.0 Å². The first-order chi connectivity index (χ1) is 10.3. The zero-order valence-corrected chi connectivity index (χ0v) is 12.7. The molecule has 1 unspecified atom stereocenters. The summed E-state index contributed by atoms with van der Waals surface area (Å²) in [6.07, 6.45) is 11.6. The van der Waals surface area contributed by atoms with Crippen molar-refractivity contribution < 1.29 is 4.79 Å². The molecule has 0 saturated heterocycles. The summed E-state index contributed by atoms with van der Waals surface area (Å²) in [7, 11) is 1.89. The molecule has 2 nitrogen and oxygen atoms in total. The van der Waals surface area contributed by atoms with Crippen LogP contribution in [-0.2, 0) is 4.79 Å². The summed E-state index contributed by atoms with van der Waals surface area (Å²) in [6.45, 7) is 0. The van der Waals surface area contributed by atoms with E-state index in [1.807, 2.05) is 25.2 Å². The van der Waals surface area contributed by atoms with Crippen molar-refractivity contribution in [3.8, 4) is 0 Å². The Labute approximate surface area is 127 Å². The molecule has 0 aromatic heterocycles. The second-order valence-electron chi connectivity index (χ2n) is 6.10. The summed E-state index contributed by atoms with van der Waals surface area (Å²) in [5, 5.41) is 0. The highest BCUT2D eigenvalue weighted by atomic mass is 16.2. The van der Waals surface area contributed by atoms with Crippen LogP contribution in [-0.4, -0.2) is 17.9 Å². The maximum absolute atomic E-state index is 12.7. The van der Waals surface area contributed by atoms with E-state index >= 15 is 0 Å². The minimum Gasteiger partial charge on any atom is -0.321 e.